The summed E-state index contributed by atoms with van der Waals surface area (Å²) in [5.41, 5.74) is 0. The lowest BCUT2D eigenvalue weighted by Crippen LogP contribution is -2.32. The van der Waals surface area contributed by atoms with Crippen LogP contribution in [-0.2, 0) is 21.2 Å². The number of nitrogens with zero attached hydrogens (tertiary/aromatic N) is 1. The van der Waals surface area contributed by atoms with Gasteiger partial charge in [0.2, 0.25) is 5.91 Å². The second-order valence-electron chi connectivity index (χ2n) is 4.89. The minimum atomic E-state index is -3.62. The van der Waals surface area contributed by atoms with Gasteiger partial charge in [0, 0.05) is 25.9 Å². The Morgan fingerprint density at radius 2 is 2.15 bits per heavy atom. The van der Waals surface area contributed by atoms with E-state index in [1.807, 2.05) is 20.8 Å². The van der Waals surface area contributed by atoms with Crippen LogP contribution in [0.3, 0.4) is 0 Å². The molecule has 0 radical (unpaired) electrons. The summed E-state index contributed by atoms with van der Waals surface area (Å²) in [4.78, 5) is 18.1. The second-order valence-corrected chi connectivity index (χ2v) is 6.63. The zero-order chi connectivity index (χ0) is 15.2. The van der Waals surface area contributed by atoms with Gasteiger partial charge in [-0.2, -0.15) is 0 Å². The lowest BCUT2D eigenvalue weighted by molar-refractivity contribution is -0.121. The largest absolute Gasteiger partial charge is 0.356 e. The van der Waals surface area contributed by atoms with E-state index in [2.05, 4.69) is 20.0 Å². The van der Waals surface area contributed by atoms with Gasteiger partial charge in [0.1, 0.15) is 5.82 Å². The summed E-state index contributed by atoms with van der Waals surface area (Å²) in [5, 5.41) is 2.75. The number of aryl methyl sites for hydroxylation is 1. The van der Waals surface area contributed by atoms with Crippen molar-refractivity contribution in [3.05, 3.63) is 12.0 Å². The zero-order valence-electron chi connectivity index (χ0n) is 12.1. The number of hydrogen-bond donors (Lipinski definition) is 3. The van der Waals surface area contributed by atoms with Crippen LogP contribution in [0.4, 0.5) is 0 Å². The molecule has 7 nitrogen and oxygen atoms in total. The van der Waals surface area contributed by atoms with Crippen molar-refractivity contribution in [2.24, 2.45) is 5.92 Å². The predicted molar refractivity (Wildman–Crippen MR) is 75.6 cm³/mol. The first-order chi connectivity index (χ1) is 9.35. The molecule has 1 rings (SSSR count). The Morgan fingerprint density at radius 3 is 2.70 bits per heavy atom. The number of sulfonamides is 1. The number of aromatic nitrogens is 2. The van der Waals surface area contributed by atoms with Crippen molar-refractivity contribution in [3.8, 4) is 0 Å². The van der Waals surface area contributed by atoms with Gasteiger partial charge in [-0.15, -0.1) is 0 Å². The second kappa shape index (κ2) is 7.39. The maximum atomic E-state index is 11.9. The Bertz CT molecular complexity index is 537. The number of carbonyl (C=O) groups excluding carboxylic acids is 1. The molecule has 0 spiro atoms. The Labute approximate surface area is 119 Å². The fraction of sp³-hybridized carbons (Fsp3) is 0.667. The quantitative estimate of drug-likeness (QED) is 0.647. The van der Waals surface area contributed by atoms with Gasteiger partial charge >= 0.3 is 0 Å². The summed E-state index contributed by atoms with van der Waals surface area (Å²) in [5.74, 6) is 0.813. The van der Waals surface area contributed by atoms with E-state index in [0.29, 0.717) is 24.7 Å². The average Bonchev–Trinajstić information content (AvgIpc) is 2.85. The summed E-state index contributed by atoms with van der Waals surface area (Å²) in [7, 11) is -3.62. The van der Waals surface area contributed by atoms with Crippen molar-refractivity contribution in [3.63, 3.8) is 0 Å². The molecule has 0 saturated carbocycles. The molecule has 1 aromatic rings. The number of imidazole rings is 1. The highest BCUT2D eigenvalue weighted by Gasteiger charge is 2.16. The number of nitrogens with one attached hydrogen (secondary N) is 3. The van der Waals surface area contributed by atoms with E-state index in [-0.39, 0.29) is 23.9 Å². The van der Waals surface area contributed by atoms with E-state index < -0.39 is 10.0 Å². The van der Waals surface area contributed by atoms with Crippen LogP contribution in [0.1, 0.15) is 33.0 Å². The first-order valence-corrected chi connectivity index (χ1v) is 8.13. The van der Waals surface area contributed by atoms with Gasteiger partial charge in [-0.3, -0.25) is 4.79 Å². The van der Waals surface area contributed by atoms with Gasteiger partial charge < -0.3 is 10.3 Å². The molecule has 8 heteroatoms. The third-order valence-electron chi connectivity index (χ3n) is 2.58. The molecule has 20 heavy (non-hydrogen) atoms. The zero-order valence-corrected chi connectivity index (χ0v) is 12.9. The first kappa shape index (κ1) is 16.6. The fourth-order valence-electron chi connectivity index (χ4n) is 1.44. The summed E-state index contributed by atoms with van der Waals surface area (Å²) in [6.45, 7) is 6.51. The SMILES string of the molecule is CCc1ncc(S(=O)(=O)NCCC(=O)NCC(C)C)[nH]1. The van der Waals surface area contributed by atoms with Crippen LogP contribution in [-0.4, -0.2) is 37.4 Å². The molecule has 0 saturated heterocycles. The topological polar surface area (TPSA) is 104 Å². The summed E-state index contributed by atoms with van der Waals surface area (Å²) in [6.07, 6.45) is 2.02. The summed E-state index contributed by atoms with van der Waals surface area (Å²) >= 11 is 0. The van der Waals surface area contributed by atoms with Crippen LogP contribution in [0.2, 0.25) is 0 Å². The highest BCUT2D eigenvalue weighted by Crippen LogP contribution is 2.05. The molecule has 1 aromatic heterocycles. The number of rotatable bonds is 8. The number of carbonyl (C=O) groups is 1. The van der Waals surface area contributed by atoms with Gasteiger partial charge in [0.25, 0.3) is 10.0 Å². The molecule has 0 fully saturated rings. The van der Waals surface area contributed by atoms with Crippen molar-refractivity contribution in [1.82, 2.24) is 20.0 Å². The van der Waals surface area contributed by atoms with E-state index >= 15 is 0 Å². The standard InChI is InChI=1S/C12H22N4O3S/c1-4-10-13-8-12(16-10)20(18,19)15-6-5-11(17)14-7-9(2)3/h8-9,15H,4-7H2,1-3H3,(H,13,16)(H,14,17). The van der Waals surface area contributed by atoms with Crippen molar-refractivity contribution in [1.29, 1.82) is 0 Å². The molecule has 0 atom stereocenters. The fourth-order valence-corrected chi connectivity index (χ4v) is 2.41. The minimum Gasteiger partial charge on any atom is -0.356 e. The smallest absolute Gasteiger partial charge is 0.257 e. The molecule has 1 heterocycles. The minimum absolute atomic E-state index is 0.0249. The van der Waals surface area contributed by atoms with Gasteiger partial charge in [0.15, 0.2) is 5.03 Å². The van der Waals surface area contributed by atoms with Crippen LogP contribution in [0.15, 0.2) is 11.2 Å². The average molecular weight is 302 g/mol. The molecule has 0 bridgehead atoms. The molecule has 114 valence electrons. The van der Waals surface area contributed by atoms with Crippen molar-refractivity contribution < 1.29 is 13.2 Å². The summed E-state index contributed by atoms with van der Waals surface area (Å²) < 4.78 is 26.2. The predicted octanol–water partition coefficient (Wildman–Crippen LogP) is 0.413. The van der Waals surface area contributed by atoms with Crippen molar-refractivity contribution in [2.75, 3.05) is 13.1 Å². The maximum Gasteiger partial charge on any atom is 0.257 e. The molecule has 0 aromatic carbocycles. The van der Waals surface area contributed by atoms with Crippen molar-refractivity contribution in [2.45, 2.75) is 38.6 Å². The molecular formula is C12H22N4O3S. The van der Waals surface area contributed by atoms with Crippen LogP contribution < -0.4 is 10.0 Å². The van der Waals surface area contributed by atoms with Gasteiger partial charge in [0.05, 0.1) is 6.20 Å². The molecule has 0 aliphatic carbocycles. The van der Waals surface area contributed by atoms with E-state index in [1.54, 1.807) is 0 Å². The highest BCUT2D eigenvalue weighted by molar-refractivity contribution is 7.89. The molecule has 1 amide bonds. The van der Waals surface area contributed by atoms with Gasteiger partial charge in [-0.25, -0.2) is 18.1 Å². The number of aromatic amines is 1. The number of hydrogen-bond acceptors (Lipinski definition) is 4. The van der Waals surface area contributed by atoms with E-state index in [9.17, 15) is 13.2 Å². The van der Waals surface area contributed by atoms with Gasteiger partial charge in [-0.05, 0) is 5.92 Å². The van der Waals surface area contributed by atoms with Crippen LogP contribution in [0.5, 0.6) is 0 Å². The molecule has 0 unspecified atom stereocenters. The summed E-state index contributed by atoms with van der Waals surface area (Å²) in [6, 6.07) is 0. The third kappa shape index (κ3) is 5.30. The van der Waals surface area contributed by atoms with Gasteiger partial charge in [-0.1, -0.05) is 20.8 Å². The Balaban J connectivity index is 2.42. The van der Waals surface area contributed by atoms with E-state index in [4.69, 9.17) is 0 Å². The highest BCUT2D eigenvalue weighted by atomic mass is 32.2. The third-order valence-corrected chi connectivity index (χ3v) is 3.95. The van der Waals surface area contributed by atoms with E-state index in [0.717, 1.165) is 0 Å². The van der Waals surface area contributed by atoms with Crippen LogP contribution >= 0.6 is 0 Å². The Morgan fingerprint density at radius 1 is 1.45 bits per heavy atom. The van der Waals surface area contributed by atoms with E-state index in [1.165, 1.54) is 6.20 Å². The van der Waals surface area contributed by atoms with Crippen LogP contribution in [0, 0.1) is 5.92 Å². The first-order valence-electron chi connectivity index (χ1n) is 6.65. The lowest BCUT2D eigenvalue weighted by Gasteiger charge is -2.08. The molecule has 0 aliphatic rings. The lowest BCUT2D eigenvalue weighted by atomic mass is 10.2. The Hall–Kier alpha value is -1.41. The maximum absolute atomic E-state index is 11.9. The molecular weight excluding hydrogens is 280 g/mol. The molecule has 0 aliphatic heterocycles. The number of H-pyrrole nitrogens is 1. The Kier molecular flexibility index (Phi) is 6.15. The van der Waals surface area contributed by atoms with Crippen molar-refractivity contribution >= 4 is 15.9 Å². The normalized spacial score (nSPS) is 11.8. The number of amides is 1. The van der Waals surface area contributed by atoms with Crippen LogP contribution in [0.25, 0.3) is 0 Å². The molecule has 3 N–H and O–H groups in total. The monoisotopic (exact) mass is 302 g/mol.